The first kappa shape index (κ1) is 12.1. The van der Waals surface area contributed by atoms with E-state index in [1.54, 1.807) is 6.08 Å². The van der Waals surface area contributed by atoms with Crippen molar-refractivity contribution in [3.05, 3.63) is 11.5 Å². The molecule has 0 amide bonds. The maximum atomic E-state index is 11.3. The number of ether oxygens (including phenoxy) is 1. The Morgan fingerprint density at radius 2 is 1.88 bits per heavy atom. The maximum Gasteiger partial charge on any atom is 0.173 e. The third kappa shape index (κ3) is 3.06. The minimum absolute atomic E-state index is 0.0208. The lowest BCUT2D eigenvalue weighted by atomic mass is 9.99. The highest BCUT2D eigenvalue weighted by molar-refractivity contribution is 7.94. The van der Waals surface area contributed by atoms with Gasteiger partial charge in [-0.15, -0.1) is 0 Å². The fourth-order valence-electron chi connectivity index (χ4n) is 2.52. The summed E-state index contributed by atoms with van der Waals surface area (Å²) in [6, 6.07) is 0.342. The van der Waals surface area contributed by atoms with Crippen molar-refractivity contribution >= 4 is 9.84 Å². The first-order chi connectivity index (χ1) is 7.44. The first-order valence-electron chi connectivity index (χ1n) is 5.77. The Bertz CT molecular complexity index is 367. The van der Waals surface area contributed by atoms with Crippen LogP contribution in [0, 0.1) is 0 Å². The molecule has 5 heteroatoms. The molecule has 3 atom stereocenters. The van der Waals surface area contributed by atoms with E-state index in [9.17, 15) is 8.42 Å². The second-order valence-electron chi connectivity index (χ2n) is 4.86. The fourth-order valence-corrected chi connectivity index (χ4v) is 3.77. The molecule has 2 rings (SSSR count). The summed E-state index contributed by atoms with van der Waals surface area (Å²) < 4.78 is 28.2. The van der Waals surface area contributed by atoms with Crippen LogP contribution < -0.4 is 5.32 Å². The van der Waals surface area contributed by atoms with Gasteiger partial charge in [-0.1, -0.05) is 6.08 Å². The van der Waals surface area contributed by atoms with Gasteiger partial charge in [0.2, 0.25) is 0 Å². The third-order valence-electron chi connectivity index (χ3n) is 3.08. The van der Waals surface area contributed by atoms with Gasteiger partial charge in [-0.3, -0.25) is 0 Å². The Morgan fingerprint density at radius 3 is 2.38 bits per heavy atom. The number of nitrogens with one attached hydrogen (secondary N) is 1. The Balaban J connectivity index is 1.89. The quantitative estimate of drug-likeness (QED) is 0.783. The molecule has 4 nitrogen and oxygen atoms in total. The number of rotatable bonds is 2. The summed E-state index contributed by atoms with van der Waals surface area (Å²) in [5.41, 5.74) is 0. The minimum atomic E-state index is -2.95. The summed E-state index contributed by atoms with van der Waals surface area (Å²) in [6.45, 7) is 4.12. The second kappa shape index (κ2) is 4.47. The maximum absolute atomic E-state index is 11.3. The molecule has 2 heterocycles. The molecule has 1 fully saturated rings. The van der Waals surface area contributed by atoms with E-state index in [4.69, 9.17) is 4.74 Å². The smallest absolute Gasteiger partial charge is 0.173 e. The van der Waals surface area contributed by atoms with E-state index in [0.29, 0.717) is 6.04 Å². The normalized spacial score (nSPS) is 42.4. The van der Waals surface area contributed by atoms with Gasteiger partial charge in [0.25, 0.3) is 0 Å². The van der Waals surface area contributed by atoms with E-state index in [-0.39, 0.29) is 24.0 Å². The molecule has 92 valence electrons. The summed E-state index contributed by atoms with van der Waals surface area (Å²) in [5, 5.41) is 4.70. The predicted molar refractivity (Wildman–Crippen MR) is 62.9 cm³/mol. The molecule has 0 radical (unpaired) electrons. The molecule has 2 aliphatic heterocycles. The molecule has 0 saturated carbocycles. The van der Waals surface area contributed by atoms with Gasteiger partial charge in [-0.05, 0) is 26.7 Å². The van der Waals surface area contributed by atoms with Gasteiger partial charge < -0.3 is 10.1 Å². The molecule has 3 unspecified atom stereocenters. The van der Waals surface area contributed by atoms with Crippen LogP contribution in [0.25, 0.3) is 0 Å². The number of hydrogen-bond donors (Lipinski definition) is 1. The third-order valence-corrected chi connectivity index (χ3v) is 4.47. The van der Waals surface area contributed by atoms with E-state index in [1.807, 2.05) is 0 Å². The Labute approximate surface area is 97.0 Å². The van der Waals surface area contributed by atoms with Crippen molar-refractivity contribution in [1.29, 1.82) is 0 Å². The molecule has 0 aromatic carbocycles. The van der Waals surface area contributed by atoms with Gasteiger partial charge in [-0.25, -0.2) is 8.42 Å². The predicted octanol–water partition coefficient (Wildman–Crippen LogP) is 0.843. The van der Waals surface area contributed by atoms with Crippen LogP contribution in [-0.4, -0.2) is 38.5 Å². The molecule has 16 heavy (non-hydrogen) atoms. The van der Waals surface area contributed by atoms with Crippen LogP contribution in [0.5, 0.6) is 0 Å². The Morgan fingerprint density at radius 1 is 1.25 bits per heavy atom. The summed E-state index contributed by atoms with van der Waals surface area (Å²) >= 11 is 0. The van der Waals surface area contributed by atoms with Gasteiger partial charge in [0.1, 0.15) is 0 Å². The zero-order chi connectivity index (χ0) is 11.8. The van der Waals surface area contributed by atoms with E-state index < -0.39 is 9.84 Å². The largest absolute Gasteiger partial charge is 0.375 e. The van der Waals surface area contributed by atoms with Crippen LogP contribution >= 0.6 is 0 Å². The number of sulfone groups is 1. The van der Waals surface area contributed by atoms with E-state index in [1.165, 1.54) is 5.41 Å². The average molecular weight is 245 g/mol. The molecule has 0 bridgehead atoms. The van der Waals surface area contributed by atoms with Crippen LogP contribution in [0.1, 0.15) is 26.7 Å². The standard InChI is InChI=1S/C11H19NO3S/c1-8-5-11(6-9(2)15-8)12-10-3-4-16(13,14)7-10/h3-4,8-12H,5-7H2,1-2H3. The summed E-state index contributed by atoms with van der Waals surface area (Å²) in [5.74, 6) is 0.202. The van der Waals surface area contributed by atoms with E-state index >= 15 is 0 Å². The molecule has 0 spiro atoms. The summed E-state index contributed by atoms with van der Waals surface area (Å²) in [4.78, 5) is 0. The molecular weight excluding hydrogens is 226 g/mol. The lowest BCUT2D eigenvalue weighted by Gasteiger charge is -2.33. The van der Waals surface area contributed by atoms with Crippen LogP contribution in [-0.2, 0) is 14.6 Å². The zero-order valence-electron chi connectivity index (χ0n) is 9.72. The summed E-state index contributed by atoms with van der Waals surface area (Å²) in [6.07, 6.45) is 4.16. The fraction of sp³-hybridized carbons (Fsp3) is 0.818. The van der Waals surface area contributed by atoms with Crippen molar-refractivity contribution in [3.8, 4) is 0 Å². The molecule has 2 aliphatic rings. The zero-order valence-corrected chi connectivity index (χ0v) is 10.5. The number of hydrogen-bond acceptors (Lipinski definition) is 4. The lowest BCUT2D eigenvalue weighted by Crippen LogP contribution is -2.46. The molecule has 0 aliphatic carbocycles. The van der Waals surface area contributed by atoms with Gasteiger partial charge in [0.15, 0.2) is 9.84 Å². The molecule has 1 saturated heterocycles. The van der Waals surface area contributed by atoms with Crippen molar-refractivity contribution in [3.63, 3.8) is 0 Å². The van der Waals surface area contributed by atoms with Crippen LogP contribution in [0.4, 0.5) is 0 Å². The van der Waals surface area contributed by atoms with Crippen LogP contribution in [0.3, 0.4) is 0 Å². The van der Waals surface area contributed by atoms with Crippen molar-refractivity contribution < 1.29 is 13.2 Å². The highest BCUT2D eigenvalue weighted by atomic mass is 32.2. The first-order valence-corrected chi connectivity index (χ1v) is 7.48. The molecular formula is C11H19NO3S. The van der Waals surface area contributed by atoms with Crippen LogP contribution in [0.2, 0.25) is 0 Å². The molecule has 1 N–H and O–H groups in total. The van der Waals surface area contributed by atoms with Gasteiger partial charge >= 0.3 is 0 Å². The summed E-state index contributed by atoms with van der Waals surface area (Å²) in [7, 11) is -2.95. The highest BCUT2D eigenvalue weighted by Crippen LogP contribution is 2.20. The Kier molecular flexibility index (Phi) is 3.37. The second-order valence-corrected chi connectivity index (χ2v) is 6.79. The highest BCUT2D eigenvalue weighted by Gasteiger charge is 2.28. The minimum Gasteiger partial charge on any atom is -0.375 e. The lowest BCUT2D eigenvalue weighted by molar-refractivity contribution is -0.0425. The van der Waals surface area contributed by atoms with E-state index in [2.05, 4.69) is 19.2 Å². The van der Waals surface area contributed by atoms with Crippen molar-refractivity contribution in [2.45, 2.75) is 51.0 Å². The van der Waals surface area contributed by atoms with E-state index in [0.717, 1.165) is 12.8 Å². The van der Waals surface area contributed by atoms with Gasteiger partial charge in [-0.2, -0.15) is 0 Å². The van der Waals surface area contributed by atoms with Gasteiger partial charge in [0.05, 0.1) is 18.0 Å². The molecule has 0 aromatic heterocycles. The van der Waals surface area contributed by atoms with Gasteiger partial charge in [0, 0.05) is 17.5 Å². The topological polar surface area (TPSA) is 55.4 Å². The van der Waals surface area contributed by atoms with Crippen molar-refractivity contribution in [2.24, 2.45) is 0 Å². The van der Waals surface area contributed by atoms with Crippen LogP contribution in [0.15, 0.2) is 11.5 Å². The van der Waals surface area contributed by atoms with Crippen molar-refractivity contribution in [2.75, 3.05) is 5.75 Å². The SMILES string of the molecule is CC1CC(NC2C=CS(=O)(=O)C2)CC(C)O1. The Hall–Kier alpha value is -0.390. The van der Waals surface area contributed by atoms with Crippen molar-refractivity contribution in [1.82, 2.24) is 5.32 Å². The average Bonchev–Trinajstić information content (AvgIpc) is 2.43. The monoisotopic (exact) mass is 245 g/mol. The molecule has 0 aromatic rings.